The minimum absolute atomic E-state index is 0.137. The Labute approximate surface area is 205 Å². The number of piperidine rings is 1. The second kappa shape index (κ2) is 9.34. The third-order valence-electron chi connectivity index (χ3n) is 6.49. The molecule has 2 aliphatic heterocycles. The zero-order valence-corrected chi connectivity index (χ0v) is 20.5. The first kappa shape index (κ1) is 24.1. The highest BCUT2D eigenvalue weighted by atomic mass is 16.5. The van der Waals surface area contributed by atoms with Crippen LogP contribution in [0, 0.1) is 11.3 Å². The van der Waals surface area contributed by atoms with Gasteiger partial charge >= 0.3 is 0 Å². The molecule has 8 heteroatoms. The van der Waals surface area contributed by atoms with Crippen LogP contribution in [0.25, 0.3) is 0 Å². The first-order valence-corrected chi connectivity index (χ1v) is 11.5. The van der Waals surface area contributed by atoms with E-state index in [1.165, 1.54) is 7.11 Å². The summed E-state index contributed by atoms with van der Waals surface area (Å²) >= 11 is 0. The third-order valence-corrected chi connectivity index (χ3v) is 6.49. The van der Waals surface area contributed by atoms with Crippen LogP contribution in [0.5, 0.6) is 17.2 Å². The highest BCUT2D eigenvalue weighted by Crippen LogP contribution is 2.43. The van der Waals surface area contributed by atoms with E-state index >= 15 is 0 Å². The van der Waals surface area contributed by atoms with Gasteiger partial charge in [-0.05, 0) is 38.1 Å². The number of para-hydroxylation sites is 1. The number of ether oxygens (including phenoxy) is 3. The molecule has 0 aliphatic carbocycles. The van der Waals surface area contributed by atoms with Gasteiger partial charge in [-0.3, -0.25) is 9.79 Å². The van der Waals surface area contributed by atoms with Crippen molar-refractivity contribution in [3.05, 3.63) is 65.4 Å². The summed E-state index contributed by atoms with van der Waals surface area (Å²) in [5.74, 6) is 1.49. The van der Waals surface area contributed by atoms with Crippen molar-refractivity contribution >= 4 is 11.6 Å². The van der Waals surface area contributed by atoms with Crippen molar-refractivity contribution in [1.29, 1.82) is 5.26 Å². The summed E-state index contributed by atoms with van der Waals surface area (Å²) in [6.07, 6.45) is 2.74. The summed E-state index contributed by atoms with van der Waals surface area (Å²) in [7, 11) is 3.26. The van der Waals surface area contributed by atoms with E-state index in [2.05, 4.69) is 11.1 Å². The van der Waals surface area contributed by atoms with Crippen molar-refractivity contribution in [2.75, 3.05) is 27.2 Å². The number of rotatable bonds is 4. The molecule has 0 radical (unpaired) electrons. The minimum Gasteiger partial charge on any atom is -0.496 e. The molecule has 35 heavy (non-hydrogen) atoms. The zero-order chi connectivity index (χ0) is 25.2. The molecule has 4 rings (SSSR count). The fourth-order valence-electron chi connectivity index (χ4n) is 4.69. The second-order valence-corrected chi connectivity index (χ2v) is 9.12. The molecule has 1 fully saturated rings. The Morgan fingerprint density at radius 2 is 1.97 bits per heavy atom. The number of nitriles is 1. The number of benzene rings is 2. The van der Waals surface area contributed by atoms with Gasteiger partial charge in [0.2, 0.25) is 0 Å². The number of aliphatic imine (C=N–C) groups is 1. The number of nitrogens with two attached hydrogens (primary N) is 1. The first-order valence-electron chi connectivity index (χ1n) is 11.5. The lowest BCUT2D eigenvalue weighted by Crippen LogP contribution is -2.54. The van der Waals surface area contributed by atoms with Gasteiger partial charge in [-0.25, -0.2) is 0 Å². The predicted octanol–water partition coefficient (Wildman–Crippen LogP) is 3.71. The van der Waals surface area contributed by atoms with E-state index in [9.17, 15) is 10.1 Å². The molecular formula is C27H30N4O4. The lowest BCUT2D eigenvalue weighted by molar-refractivity contribution is 0.0283. The molecule has 2 heterocycles. The van der Waals surface area contributed by atoms with Crippen LogP contribution in [0.4, 0.5) is 0 Å². The van der Waals surface area contributed by atoms with Gasteiger partial charge in [0.25, 0.3) is 5.91 Å². The highest BCUT2D eigenvalue weighted by molar-refractivity contribution is 6.16. The number of carbonyl (C=O) groups is 1. The quantitative estimate of drug-likeness (QED) is 0.723. The van der Waals surface area contributed by atoms with E-state index in [0.717, 1.165) is 22.6 Å². The molecule has 2 aromatic rings. The molecule has 1 saturated heterocycles. The maximum absolute atomic E-state index is 13.4. The van der Waals surface area contributed by atoms with Crippen LogP contribution < -0.4 is 19.9 Å². The van der Waals surface area contributed by atoms with Crippen LogP contribution >= 0.6 is 0 Å². The van der Waals surface area contributed by atoms with Crippen molar-refractivity contribution in [1.82, 2.24) is 4.90 Å². The second-order valence-electron chi connectivity index (χ2n) is 9.12. The average Bonchev–Trinajstić information content (AvgIpc) is 2.87. The van der Waals surface area contributed by atoms with Gasteiger partial charge in [0.1, 0.15) is 28.9 Å². The summed E-state index contributed by atoms with van der Waals surface area (Å²) in [6.45, 7) is 4.31. The number of nitrogens with zero attached hydrogens (tertiary/aromatic N) is 3. The lowest BCUT2D eigenvalue weighted by Gasteiger charge is -2.46. The molecule has 1 spiro atoms. The fraction of sp³-hybridized carbons (Fsp3) is 0.370. The Hall–Kier alpha value is -3.99. The third kappa shape index (κ3) is 4.42. The topological polar surface area (TPSA) is 110 Å². The maximum Gasteiger partial charge on any atom is 0.257 e. The SMILES string of the molecule is CN=C1C(=CN)C2(CCN(C(=O)c3ccc(OC(C)(C)C#N)cc3OC)CC2)Oc2ccccc21. The number of methoxy groups -OCH3 is 1. The predicted molar refractivity (Wildman–Crippen MR) is 133 cm³/mol. The van der Waals surface area contributed by atoms with Crippen molar-refractivity contribution in [3.63, 3.8) is 0 Å². The van der Waals surface area contributed by atoms with Crippen LogP contribution in [-0.2, 0) is 0 Å². The molecular weight excluding hydrogens is 444 g/mol. The Morgan fingerprint density at radius 1 is 1.26 bits per heavy atom. The van der Waals surface area contributed by atoms with Gasteiger partial charge in [-0.1, -0.05) is 12.1 Å². The average molecular weight is 475 g/mol. The maximum atomic E-state index is 13.4. The fourth-order valence-corrected chi connectivity index (χ4v) is 4.69. The summed E-state index contributed by atoms with van der Waals surface area (Å²) in [5.41, 5.74) is 7.47. The van der Waals surface area contributed by atoms with E-state index < -0.39 is 11.2 Å². The van der Waals surface area contributed by atoms with Gasteiger partial charge in [-0.2, -0.15) is 5.26 Å². The molecule has 2 N–H and O–H groups in total. The number of hydrogen-bond donors (Lipinski definition) is 1. The van der Waals surface area contributed by atoms with Gasteiger partial charge in [0.05, 0.1) is 18.4 Å². The van der Waals surface area contributed by atoms with Crippen molar-refractivity contribution in [3.8, 4) is 23.3 Å². The van der Waals surface area contributed by atoms with Crippen LogP contribution in [0.3, 0.4) is 0 Å². The molecule has 0 saturated carbocycles. The smallest absolute Gasteiger partial charge is 0.257 e. The van der Waals surface area contributed by atoms with Gasteiger partial charge in [0, 0.05) is 56.4 Å². The Bertz CT molecular complexity index is 1230. The summed E-state index contributed by atoms with van der Waals surface area (Å²) in [4.78, 5) is 19.7. The van der Waals surface area contributed by atoms with Crippen molar-refractivity contribution < 1.29 is 19.0 Å². The van der Waals surface area contributed by atoms with E-state index in [-0.39, 0.29) is 5.91 Å². The van der Waals surface area contributed by atoms with E-state index in [4.69, 9.17) is 19.9 Å². The highest BCUT2D eigenvalue weighted by Gasteiger charge is 2.46. The molecule has 2 aliphatic rings. The Kier molecular flexibility index (Phi) is 6.44. The number of likely N-dealkylation sites (tertiary alicyclic amines) is 1. The summed E-state index contributed by atoms with van der Waals surface area (Å²) in [5, 5.41) is 9.23. The molecule has 0 aromatic heterocycles. The van der Waals surface area contributed by atoms with Gasteiger partial charge < -0.3 is 24.8 Å². The number of fused-ring (bicyclic) bond motifs is 1. The van der Waals surface area contributed by atoms with E-state index in [1.54, 1.807) is 50.2 Å². The minimum atomic E-state index is -0.995. The largest absolute Gasteiger partial charge is 0.496 e. The first-order chi connectivity index (χ1) is 16.8. The molecule has 0 bridgehead atoms. The van der Waals surface area contributed by atoms with Gasteiger partial charge in [0.15, 0.2) is 5.60 Å². The van der Waals surface area contributed by atoms with Crippen molar-refractivity contribution in [2.45, 2.75) is 37.9 Å². The number of amides is 1. The van der Waals surface area contributed by atoms with Crippen LogP contribution in [0.15, 0.2) is 59.2 Å². The molecule has 1 amide bonds. The normalized spacial score (nSPS) is 19.1. The Balaban J connectivity index is 1.55. The van der Waals surface area contributed by atoms with E-state index in [1.807, 2.05) is 24.3 Å². The number of hydrogen-bond acceptors (Lipinski definition) is 7. The van der Waals surface area contributed by atoms with Crippen LogP contribution in [0.2, 0.25) is 0 Å². The van der Waals surface area contributed by atoms with E-state index in [0.29, 0.717) is 43.0 Å². The van der Waals surface area contributed by atoms with Crippen molar-refractivity contribution in [2.24, 2.45) is 10.7 Å². The zero-order valence-electron chi connectivity index (χ0n) is 20.5. The summed E-state index contributed by atoms with van der Waals surface area (Å²) < 4.78 is 17.7. The number of carbonyl (C=O) groups excluding carboxylic acids is 1. The van der Waals surface area contributed by atoms with Crippen LogP contribution in [0.1, 0.15) is 42.6 Å². The standard InChI is InChI=1S/C27H30N4O4/c1-26(2,17-29)34-18-9-10-20(23(15-18)33-4)25(32)31-13-11-27(12-14-31)21(16-28)24(30-3)19-7-5-6-8-22(19)35-27/h5-10,15-16H,11-14,28H2,1-4H3. The molecule has 8 nitrogen and oxygen atoms in total. The molecule has 182 valence electrons. The van der Waals surface area contributed by atoms with Gasteiger partial charge in [-0.15, -0.1) is 0 Å². The lowest BCUT2D eigenvalue weighted by atomic mass is 9.78. The Morgan fingerprint density at radius 3 is 2.60 bits per heavy atom. The summed E-state index contributed by atoms with van der Waals surface area (Å²) in [6, 6.07) is 14.9. The molecule has 0 atom stereocenters. The van der Waals surface area contributed by atoms with Crippen LogP contribution in [-0.4, -0.2) is 55.0 Å². The molecule has 2 aromatic carbocycles. The monoisotopic (exact) mass is 474 g/mol. The molecule has 0 unspecified atom stereocenters.